The second-order valence-electron chi connectivity index (χ2n) is 7.16. The molecule has 0 aromatic heterocycles. The predicted molar refractivity (Wildman–Crippen MR) is 130 cm³/mol. The number of hydrogen-bond donors (Lipinski definition) is 1. The lowest BCUT2D eigenvalue weighted by Gasteiger charge is -2.25. The highest BCUT2D eigenvalue weighted by atomic mass is 35.5. The Bertz CT molecular complexity index is 1330. The van der Waals surface area contributed by atoms with Crippen molar-refractivity contribution >= 4 is 50.5 Å². The number of benzene rings is 3. The molecule has 0 atom stereocenters. The summed E-state index contributed by atoms with van der Waals surface area (Å²) < 4.78 is 52.2. The number of nitrogens with one attached hydrogen (secondary N) is 1. The molecule has 34 heavy (non-hydrogen) atoms. The SMILES string of the molecule is COc1ccc(N(CC(=O)Nc2ccc(F)c(Cl)c2)S(=O)(=O)c2cc(C)ccc2OC)cc1Cl. The van der Waals surface area contributed by atoms with Gasteiger partial charge in [0.05, 0.1) is 30.0 Å². The van der Waals surface area contributed by atoms with Crippen molar-refractivity contribution in [2.24, 2.45) is 0 Å². The Kier molecular flexibility index (Phi) is 7.91. The Hall–Kier alpha value is -3.01. The van der Waals surface area contributed by atoms with Gasteiger partial charge in [-0.3, -0.25) is 9.10 Å². The minimum Gasteiger partial charge on any atom is -0.495 e. The lowest BCUT2D eigenvalue weighted by Crippen LogP contribution is -2.38. The number of amides is 1. The molecule has 0 bridgehead atoms. The zero-order valence-electron chi connectivity index (χ0n) is 18.4. The van der Waals surface area contributed by atoms with E-state index in [-0.39, 0.29) is 32.1 Å². The molecule has 0 heterocycles. The molecule has 0 fully saturated rings. The van der Waals surface area contributed by atoms with E-state index in [4.69, 9.17) is 32.7 Å². The highest BCUT2D eigenvalue weighted by molar-refractivity contribution is 7.93. The number of anilines is 2. The molecule has 1 amide bonds. The number of nitrogens with zero attached hydrogens (tertiary/aromatic N) is 1. The van der Waals surface area contributed by atoms with Gasteiger partial charge in [-0.25, -0.2) is 12.8 Å². The van der Waals surface area contributed by atoms with E-state index in [9.17, 15) is 17.6 Å². The maximum absolute atomic E-state index is 13.7. The van der Waals surface area contributed by atoms with Crippen molar-refractivity contribution in [2.75, 3.05) is 30.4 Å². The summed E-state index contributed by atoms with van der Waals surface area (Å²) in [4.78, 5) is 12.7. The molecule has 0 saturated heterocycles. The largest absolute Gasteiger partial charge is 0.495 e. The van der Waals surface area contributed by atoms with Crippen molar-refractivity contribution in [3.63, 3.8) is 0 Å². The topological polar surface area (TPSA) is 84.9 Å². The van der Waals surface area contributed by atoms with Crippen LogP contribution in [0.25, 0.3) is 0 Å². The number of methoxy groups -OCH3 is 2. The zero-order valence-corrected chi connectivity index (χ0v) is 20.8. The first kappa shape index (κ1) is 25.6. The van der Waals surface area contributed by atoms with Crippen molar-refractivity contribution in [1.29, 1.82) is 0 Å². The van der Waals surface area contributed by atoms with Gasteiger partial charge in [0.15, 0.2) is 0 Å². The summed E-state index contributed by atoms with van der Waals surface area (Å²) in [5.41, 5.74) is 1.01. The van der Waals surface area contributed by atoms with Crippen LogP contribution in [0.4, 0.5) is 15.8 Å². The van der Waals surface area contributed by atoms with Gasteiger partial charge < -0.3 is 14.8 Å². The third-order valence-corrected chi connectivity index (χ3v) is 7.18. The van der Waals surface area contributed by atoms with Crippen molar-refractivity contribution in [3.05, 3.63) is 76.0 Å². The summed E-state index contributed by atoms with van der Waals surface area (Å²) in [7, 11) is -1.52. The maximum Gasteiger partial charge on any atom is 0.268 e. The van der Waals surface area contributed by atoms with Crippen LogP contribution in [0.1, 0.15) is 5.56 Å². The number of hydrogen-bond acceptors (Lipinski definition) is 5. The fourth-order valence-electron chi connectivity index (χ4n) is 3.13. The summed E-state index contributed by atoms with van der Waals surface area (Å²) in [5, 5.41) is 2.49. The molecule has 1 N–H and O–H groups in total. The van der Waals surface area contributed by atoms with Gasteiger partial charge in [0.25, 0.3) is 10.0 Å². The van der Waals surface area contributed by atoms with E-state index >= 15 is 0 Å². The van der Waals surface area contributed by atoms with Crippen molar-refractivity contribution < 1.29 is 27.1 Å². The first-order valence-corrected chi connectivity index (χ1v) is 12.0. The molecule has 3 aromatic carbocycles. The van der Waals surface area contributed by atoms with Crippen LogP contribution in [0, 0.1) is 12.7 Å². The third-order valence-electron chi connectivity index (χ3n) is 4.80. The Labute approximate surface area is 207 Å². The molecule has 3 rings (SSSR count). The lowest BCUT2D eigenvalue weighted by molar-refractivity contribution is -0.114. The molecule has 180 valence electrons. The van der Waals surface area contributed by atoms with Gasteiger partial charge in [0, 0.05) is 5.69 Å². The molecule has 0 saturated carbocycles. The molecule has 3 aromatic rings. The Balaban J connectivity index is 2.05. The van der Waals surface area contributed by atoms with Crippen LogP contribution in [0.5, 0.6) is 11.5 Å². The first-order chi connectivity index (χ1) is 16.1. The van der Waals surface area contributed by atoms with Crippen LogP contribution in [0.15, 0.2) is 59.5 Å². The van der Waals surface area contributed by atoms with Crippen LogP contribution >= 0.6 is 23.2 Å². The Morgan fingerprint density at radius 3 is 2.26 bits per heavy atom. The van der Waals surface area contributed by atoms with Crippen molar-refractivity contribution in [3.8, 4) is 11.5 Å². The molecule has 11 heteroatoms. The van der Waals surface area contributed by atoms with Crippen LogP contribution in [0.3, 0.4) is 0 Å². The highest BCUT2D eigenvalue weighted by Crippen LogP contribution is 2.34. The van der Waals surface area contributed by atoms with Gasteiger partial charge >= 0.3 is 0 Å². The fraction of sp³-hybridized carbons (Fsp3) is 0.174. The second-order valence-corrected chi connectivity index (χ2v) is 9.81. The first-order valence-electron chi connectivity index (χ1n) is 9.82. The van der Waals surface area contributed by atoms with Gasteiger partial charge in [0.2, 0.25) is 5.91 Å². The zero-order chi connectivity index (χ0) is 25.0. The van der Waals surface area contributed by atoms with Crippen molar-refractivity contribution in [2.45, 2.75) is 11.8 Å². The highest BCUT2D eigenvalue weighted by Gasteiger charge is 2.31. The standard InChI is InChI=1S/C23H21Cl2FN2O5S/c1-14-4-8-21(33-3)22(10-14)34(30,31)28(16-6-9-20(32-2)18(25)12-16)13-23(29)27-15-5-7-19(26)17(24)11-15/h4-12H,13H2,1-3H3,(H,27,29). The minimum absolute atomic E-state index is 0.112. The van der Waals surface area contributed by atoms with Gasteiger partial charge in [-0.2, -0.15) is 0 Å². The molecular weight excluding hydrogens is 506 g/mol. The molecule has 0 radical (unpaired) electrons. The monoisotopic (exact) mass is 526 g/mol. The summed E-state index contributed by atoms with van der Waals surface area (Å²) in [5.74, 6) is -0.893. The molecule has 0 aliphatic rings. The maximum atomic E-state index is 13.7. The van der Waals surface area contributed by atoms with Crippen molar-refractivity contribution in [1.82, 2.24) is 0 Å². The average Bonchev–Trinajstić information content (AvgIpc) is 2.79. The number of ether oxygens (including phenoxy) is 2. The summed E-state index contributed by atoms with van der Waals surface area (Å²) in [6.45, 7) is 1.12. The Morgan fingerprint density at radius 2 is 1.65 bits per heavy atom. The molecule has 7 nitrogen and oxygen atoms in total. The van der Waals surface area contributed by atoms with Crippen LogP contribution in [-0.4, -0.2) is 35.1 Å². The summed E-state index contributed by atoms with van der Waals surface area (Å²) in [6.07, 6.45) is 0. The summed E-state index contributed by atoms with van der Waals surface area (Å²) in [6, 6.07) is 12.6. The lowest BCUT2D eigenvalue weighted by atomic mass is 10.2. The molecule has 0 spiro atoms. The van der Waals surface area contributed by atoms with Gasteiger partial charge in [-0.15, -0.1) is 0 Å². The number of halogens is 3. The average molecular weight is 527 g/mol. The van der Waals surface area contributed by atoms with E-state index in [0.717, 1.165) is 10.4 Å². The number of aryl methyl sites for hydroxylation is 1. The quantitative estimate of drug-likeness (QED) is 0.430. The van der Waals surface area contributed by atoms with Gasteiger partial charge in [0.1, 0.15) is 28.8 Å². The second kappa shape index (κ2) is 10.5. The third kappa shape index (κ3) is 5.55. The number of carbonyl (C=O) groups excluding carboxylic acids is 1. The van der Waals surface area contributed by atoms with Crippen LogP contribution in [0.2, 0.25) is 10.0 Å². The van der Waals surface area contributed by atoms with E-state index in [0.29, 0.717) is 11.3 Å². The fourth-order valence-corrected chi connectivity index (χ4v) is 5.22. The van der Waals surface area contributed by atoms with E-state index in [1.807, 2.05) is 0 Å². The summed E-state index contributed by atoms with van der Waals surface area (Å²) >= 11 is 12.0. The molecular formula is C23H21Cl2FN2O5S. The number of carbonyl (C=O) groups is 1. The Morgan fingerprint density at radius 1 is 0.971 bits per heavy atom. The predicted octanol–water partition coefficient (Wildman–Crippen LogP) is 5.29. The van der Waals surface area contributed by atoms with E-state index < -0.39 is 28.3 Å². The molecule has 0 unspecified atom stereocenters. The van der Waals surface area contributed by atoms with E-state index in [2.05, 4.69) is 5.32 Å². The normalized spacial score (nSPS) is 11.1. The number of rotatable bonds is 8. The van der Waals surface area contributed by atoms with E-state index in [1.54, 1.807) is 13.0 Å². The molecule has 0 aliphatic heterocycles. The van der Waals surface area contributed by atoms with Crippen LogP contribution < -0.4 is 19.1 Å². The number of sulfonamides is 1. The molecule has 0 aliphatic carbocycles. The van der Waals surface area contributed by atoms with Gasteiger partial charge in [-0.05, 0) is 61.0 Å². The smallest absolute Gasteiger partial charge is 0.268 e. The van der Waals surface area contributed by atoms with Gasteiger partial charge in [-0.1, -0.05) is 29.3 Å². The van der Waals surface area contributed by atoms with Crippen LogP contribution in [-0.2, 0) is 14.8 Å². The minimum atomic E-state index is -4.30. The van der Waals surface area contributed by atoms with E-state index in [1.165, 1.54) is 56.7 Å².